The van der Waals surface area contributed by atoms with Crippen molar-refractivity contribution in [2.75, 3.05) is 44.7 Å². The Hall–Kier alpha value is -1.23. The molecule has 3 rings (SSSR count). The molecule has 0 radical (unpaired) electrons. The van der Waals surface area contributed by atoms with E-state index in [0.717, 1.165) is 55.8 Å². The van der Waals surface area contributed by atoms with Crippen LogP contribution in [0.2, 0.25) is 10.2 Å². The van der Waals surface area contributed by atoms with Crippen LogP contribution in [-0.4, -0.2) is 60.2 Å². The fraction of sp³-hybridized carbons (Fsp3) is 0.500. The SMILES string of the molecule is CCNC(=NCc1ccnc(N2CCN(C)CC2)c1)NCc1cc(Cl)c(Cl)n1C.I. The largest absolute Gasteiger partial charge is 0.357 e. The Morgan fingerprint density at radius 1 is 1.13 bits per heavy atom. The van der Waals surface area contributed by atoms with Crippen molar-refractivity contribution in [2.24, 2.45) is 12.0 Å². The summed E-state index contributed by atoms with van der Waals surface area (Å²) in [6.45, 7) is 8.11. The van der Waals surface area contributed by atoms with Gasteiger partial charge in [-0.05, 0) is 37.7 Å². The number of aliphatic imine (C=N–C) groups is 1. The highest BCUT2D eigenvalue weighted by Crippen LogP contribution is 2.24. The number of nitrogens with one attached hydrogen (secondary N) is 2. The monoisotopic (exact) mass is 565 g/mol. The standard InChI is InChI=1S/C20H29Cl2N7.HI/c1-4-23-20(26-14-16-12-17(21)19(22)28(16)3)25-13-15-5-6-24-18(11-15)29-9-7-27(2)8-10-29;/h5-6,11-12H,4,7-10,13-14H2,1-3H3,(H2,23,25,26);1H. The summed E-state index contributed by atoms with van der Waals surface area (Å²) in [5, 5.41) is 7.72. The van der Waals surface area contributed by atoms with Gasteiger partial charge in [-0.15, -0.1) is 24.0 Å². The fourth-order valence-electron chi connectivity index (χ4n) is 3.21. The van der Waals surface area contributed by atoms with E-state index in [4.69, 9.17) is 28.2 Å². The smallest absolute Gasteiger partial charge is 0.191 e. The molecule has 0 amide bonds. The van der Waals surface area contributed by atoms with Crippen molar-refractivity contribution in [3.8, 4) is 0 Å². The molecule has 0 bridgehead atoms. The van der Waals surface area contributed by atoms with Gasteiger partial charge in [-0.3, -0.25) is 0 Å². The van der Waals surface area contributed by atoms with Crippen molar-refractivity contribution in [3.05, 3.63) is 45.8 Å². The van der Waals surface area contributed by atoms with Gasteiger partial charge in [0.05, 0.1) is 18.1 Å². The minimum absolute atomic E-state index is 0. The first-order valence-corrected chi connectivity index (χ1v) is 10.6. The van der Waals surface area contributed by atoms with Crippen molar-refractivity contribution < 1.29 is 0 Å². The Balaban J connectivity index is 0.00000320. The van der Waals surface area contributed by atoms with Gasteiger partial charge in [-0.1, -0.05) is 23.2 Å². The van der Waals surface area contributed by atoms with Crippen LogP contribution >= 0.6 is 47.2 Å². The van der Waals surface area contributed by atoms with Crippen LogP contribution in [0.3, 0.4) is 0 Å². The number of pyridine rings is 1. The minimum atomic E-state index is 0. The molecule has 0 spiro atoms. The fourth-order valence-corrected chi connectivity index (χ4v) is 3.63. The maximum absolute atomic E-state index is 6.15. The van der Waals surface area contributed by atoms with Crippen molar-refractivity contribution in [1.82, 2.24) is 25.1 Å². The molecular weight excluding hydrogens is 536 g/mol. The second kappa shape index (κ2) is 12.0. The summed E-state index contributed by atoms with van der Waals surface area (Å²) in [6, 6.07) is 6.02. The molecule has 0 aliphatic carbocycles. The lowest BCUT2D eigenvalue weighted by atomic mass is 10.2. The first kappa shape index (κ1) is 25.0. The highest BCUT2D eigenvalue weighted by molar-refractivity contribution is 14.0. The quantitative estimate of drug-likeness (QED) is 0.319. The highest BCUT2D eigenvalue weighted by Gasteiger charge is 2.15. The first-order valence-electron chi connectivity index (χ1n) is 9.88. The third kappa shape index (κ3) is 6.63. The molecule has 7 nitrogen and oxygen atoms in total. The lowest BCUT2D eigenvalue weighted by Crippen LogP contribution is -2.44. The van der Waals surface area contributed by atoms with Gasteiger partial charge in [0.25, 0.3) is 0 Å². The van der Waals surface area contributed by atoms with E-state index < -0.39 is 0 Å². The van der Waals surface area contributed by atoms with Crippen LogP contribution in [0.15, 0.2) is 29.4 Å². The summed E-state index contributed by atoms with van der Waals surface area (Å²) < 4.78 is 1.87. The van der Waals surface area contributed by atoms with Gasteiger partial charge < -0.3 is 25.0 Å². The number of hydrogen-bond donors (Lipinski definition) is 2. The molecule has 10 heteroatoms. The predicted molar refractivity (Wildman–Crippen MR) is 136 cm³/mol. The number of rotatable bonds is 6. The van der Waals surface area contributed by atoms with Gasteiger partial charge in [-0.25, -0.2) is 9.98 Å². The Morgan fingerprint density at radius 2 is 1.87 bits per heavy atom. The van der Waals surface area contributed by atoms with Crippen LogP contribution in [0, 0.1) is 0 Å². The first-order chi connectivity index (χ1) is 14.0. The molecule has 1 saturated heterocycles. The molecule has 2 N–H and O–H groups in total. The average molecular weight is 566 g/mol. The number of hydrogen-bond acceptors (Lipinski definition) is 4. The molecule has 0 unspecified atom stereocenters. The third-order valence-electron chi connectivity index (χ3n) is 5.05. The summed E-state index contributed by atoms with van der Waals surface area (Å²) in [5.41, 5.74) is 2.13. The molecule has 0 atom stereocenters. The number of anilines is 1. The van der Waals surface area contributed by atoms with Crippen molar-refractivity contribution in [1.29, 1.82) is 0 Å². The van der Waals surface area contributed by atoms with Gasteiger partial charge in [0, 0.05) is 51.7 Å². The van der Waals surface area contributed by atoms with Crippen molar-refractivity contribution in [2.45, 2.75) is 20.0 Å². The predicted octanol–water partition coefficient (Wildman–Crippen LogP) is 3.35. The Bertz CT molecular complexity index is 848. The van der Waals surface area contributed by atoms with E-state index in [1.165, 1.54) is 0 Å². The highest BCUT2D eigenvalue weighted by atomic mass is 127. The van der Waals surface area contributed by atoms with Crippen LogP contribution < -0.4 is 15.5 Å². The summed E-state index contributed by atoms with van der Waals surface area (Å²) in [7, 11) is 4.05. The van der Waals surface area contributed by atoms with Gasteiger partial charge in [0.1, 0.15) is 11.0 Å². The Kier molecular flexibility index (Phi) is 9.99. The van der Waals surface area contributed by atoms with Crippen LogP contribution in [0.5, 0.6) is 0 Å². The molecule has 166 valence electrons. The summed E-state index contributed by atoms with van der Waals surface area (Å²) >= 11 is 12.2. The van der Waals surface area contributed by atoms with E-state index in [-0.39, 0.29) is 24.0 Å². The van der Waals surface area contributed by atoms with Crippen LogP contribution in [0.1, 0.15) is 18.2 Å². The number of likely N-dealkylation sites (N-methyl/N-ethyl adjacent to an activating group) is 1. The zero-order chi connectivity index (χ0) is 20.8. The lowest BCUT2D eigenvalue weighted by molar-refractivity contribution is 0.312. The Labute approximate surface area is 205 Å². The summed E-state index contributed by atoms with van der Waals surface area (Å²) in [6.07, 6.45) is 1.87. The molecular formula is C20H30Cl2IN7. The molecule has 1 fully saturated rings. The van der Waals surface area contributed by atoms with Crippen molar-refractivity contribution in [3.63, 3.8) is 0 Å². The molecule has 3 heterocycles. The molecule has 1 aliphatic rings. The summed E-state index contributed by atoms with van der Waals surface area (Å²) in [4.78, 5) is 13.9. The van der Waals surface area contributed by atoms with Crippen LogP contribution in [0.25, 0.3) is 0 Å². The maximum atomic E-state index is 6.15. The van der Waals surface area contributed by atoms with Crippen LogP contribution in [0.4, 0.5) is 5.82 Å². The van der Waals surface area contributed by atoms with E-state index in [1.54, 1.807) is 0 Å². The Morgan fingerprint density at radius 3 is 2.50 bits per heavy atom. The second-order valence-electron chi connectivity index (χ2n) is 7.19. The zero-order valence-electron chi connectivity index (χ0n) is 17.7. The molecule has 30 heavy (non-hydrogen) atoms. The molecule has 2 aromatic rings. The number of aromatic nitrogens is 2. The van der Waals surface area contributed by atoms with Gasteiger partial charge in [0.2, 0.25) is 0 Å². The minimum Gasteiger partial charge on any atom is -0.357 e. The van der Waals surface area contributed by atoms with E-state index >= 15 is 0 Å². The number of piperazine rings is 1. The van der Waals surface area contributed by atoms with Crippen LogP contribution in [-0.2, 0) is 20.1 Å². The molecule has 2 aromatic heterocycles. The van der Waals surface area contributed by atoms with Gasteiger partial charge >= 0.3 is 0 Å². The molecule has 0 aromatic carbocycles. The summed E-state index contributed by atoms with van der Waals surface area (Å²) in [5.74, 6) is 1.77. The van der Waals surface area contributed by atoms with E-state index in [0.29, 0.717) is 23.3 Å². The number of guanidine groups is 1. The maximum Gasteiger partial charge on any atom is 0.191 e. The second-order valence-corrected chi connectivity index (χ2v) is 7.96. The van der Waals surface area contributed by atoms with Gasteiger partial charge in [-0.2, -0.15) is 0 Å². The third-order valence-corrected chi connectivity index (χ3v) is 5.90. The molecule has 1 aliphatic heterocycles. The zero-order valence-corrected chi connectivity index (χ0v) is 21.5. The number of halogens is 3. The number of nitrogens with zero attached hydrogens (tertiary/aromatic N) is 5. The molecule has 0 saturated carbocycles. The van der Waals surface area contributed by atoms with E-state index in [1.807, 2.05) is 36.9 Å². The van der Waals surface area contributed by atoms with E-state index in [9.17, 15) is 0 Å². The normalized spacial score (nSPS) is 15.1. The van der Waals surface area contributed by atoms with E-state index in [2.05, 4.69) is 38.5 Å². The lowest BCUT2D eigenvalue weighted by Gasteiger charge is -2.33. The van der Waals surface area contributed by atoms with Gasteiger partial charge in [0.15, 0.2) is 5.96 Å². The average Bonchev–Trinajstić information content (AvgIpc) is 2.97. The van der Waals surface area contributed by atoms with Crippen molar-refractivity contribution >= 4 is 59.0 Å². The topological polar surface area (TPSA) is 60.7 Å².